The summed E-state index contributed by atoms with van der Waals surface area (Å²) in [5.74, 6) is 0.706. The van der Waals surface area contributed by atoms with E-state index in [1.807, 2.05) is 6.07 Å². The molecule has 0 saturated carbocycles. The second-order valence-electron chi connectivity index (χ2n) is 4.07. The van der Waals surface area contributed by atoms with Crippen molar-refractivity contribution in [3.63, 3.8) is 0 Å². The van der Waals surface area contributed by atoms with E-state index >= 15 is 0 Å². The Morgan fingerprint density at radius 3 is 2.57 bits per heavy atom. The molecule has 1 rings (SSSR count). The molecule has 78 valence electrons. The lowest BCUT2D eigenvalue weighted by molar-refractivity contribution is 0.398. The normalized spacial score (nSPS) is 10.8. The highest BCUT2D eigenvalue weighted by molar-refractivity contribution is 5.44. The van der Waals surface area contributed by atoms with Gasteiger partial charge in [0.2, 0.25) is 0 Å². The zero-order valence-corrected chi connectivity index (χ0v) is 8.83. The van der Waals surface area contributed by atoms with Crippen LogP contribution in [0.4, 0.5) is 0 Å². The predicted octanol–water partition coefficient (Wildman–Crippen LogP) is 3.08. The topological polar surface area (TPSA) is 40.5 Å². The Labute approximate surface area is 85.2 Å². The van der Waals surface area contributed by atoms with Gasteiger partial charge in [-0.15, -0.1) is 0 Å². The van der Waals surface area contributed by atoms with Gasteiger partial charge in [-0.1, -0.05) is 32.4 Å². The van der Waals surface area contributed by atoms with Crippen molar-refractivity contribution in [1.29, 1.82) is 0 Å². The SMILES string of the molecule is CC(C)CCCc1cccc(O)c1O. The van der Waals surface area contributed by atoms with Crippen molar-refractivity contribution in [3.8, 4) is 11.5 Å². The molecule has 0 aromatic heterocycles. The van der Waals surface area contributed by atoms with Crippen LogP contribution in [0, 0.1) is 5.92 Å². The van der Waals surface area contributed by atoms with Crippen molar-refractivity contribution in [2.45, 2.75) is 33.1 Å². The van der Waals surface area contributed by atoms with Crippen LogP contribution in [-0.4, -0.2) is 10.2 Å². The van der Waals surface area contributed by atoms with Crippen LogP contribution in [0.2, 0.25) is 0 Å². The maximum absolute atomic E-state index is 9.51. The fraction of sp³-hybridized carbons (Fsp3) is 0.500. The van der Waals surface area contributed by atoms with Crippen LogP contribution in [-0.2, 0) is 6.42 Å². The first-order chi connectivity index (χ1) is 6.61. The van der Waals surface area contributed by atoms with E-state index in [9.17, 15) is 10.2 Å². The molecule has 0 aliphatic carbocycles. The molecule has 0 heterocycles. The predicted molar refractivity (Wildman–Crippen MR) is 57.5 cm³/mol. The molecule has 14 heavy (non-hydrogen) atoms. The molecule has 0 amide bonds. The van der Waals surface area contributed by atoms with Crippen LogP contribution >= 0.6 is 0 Å². The standard InChI is InChI=1S/C12H18O2/c1-9(2)5-3-6-10-7-4-8-11(13)12(10)14/h4,7-9,13-14H,3,5-6H2,1-2H3. The second kappa shape index (κ2) is 4.89. The zero-order valence-electron chi connectivity index (χ0n) is 8.83. The van der Waals surface area contributed by atoms with E-state index in [-0.39, 0.29) is 11.5 Å². The van der Waals surface area contributed by atoms with Gasteiger partial charge in [-0.25, -0.2) is 0 Å². The number of hydrogen-bond acceptors (Lipinski definition) is 2. The fourth-order valence-electron chi connectivity index (χ4n) is 1.48. The van der Waals surface area contributed by atoms with E-state index in [0.717, 1.165) is 24.8 Å². The zero-order chi connectivity index (χ0) is 10.6. The highest BCUT2D eigenvalue weighted by atomic mass is 16.3. The molecule has 2 heteroatoms. The number of aromatic hydroxyl groups is 2. The average Bonchev–Trinajstić information content (AvgIpc) is 2.12. The minimum Gasteiger partial charge on any atom is -0.504 e. The third-order valence-electron chi connectivity index (χ3n) is 2.33. The summed E-state index contributed by atoms with van der Waals surface area (Å²) in [6.45, 7) is 4.37. The smallest absolute Gasteiger partial charge is 0.160 e. The summed E-state index contributed by atoms with van der Waals surface area (Å²) in [5.41, 5.74) is 0.839. The molecule has 0 bridgehead atoms. The molecule has 0 saturated heterocycles. The molecular formula is C12H18O2. The van der Waals surface area contributed by atoms with Crippen molar-refractivity contribution >= 4 is 0 Å². The van der Waals surface area contributed by atoms with E-state index in [1.54, 1.807) is 6.07 Å². The molecule has 0 atom stereocenters. The third kappa shape index (κ3) is 2.95. The first-order valence-corrected chi connectivity index (χ1v) is 5.11. The van der Waals surface area contributed by atoms with Gasteiger partial charge in [0.05, 0.1) is 0 Å². The lowest BCUT2D eigenvalue weighted by Gasteiger charge is -2.07. The summed E-state index contributed by atoms with van der Waals surface area (Å²) in [4.78, 5) is 0. The van der Waals surface area contributed by atoms with Gasteiger partial charge in [0.25, 0.3) is 0 Å². The van der Waals surface area contributed by atoms with Gasteiger partial charge in [-0.05, 0) is 30.4 Å². The van der Waals surface area contributed by atoms with Crippen LogP contribution < -0.4 is 0 Å². The van der Waals surface area contributed by atoms with E-state index in [1.165, 1.54) is 6.07 Å². The number of aryl methyl sites for hydroxylation is 1. The van der Waals surface area contributed by atoms with Gasteiger partial charge in [0.1, 0.15) is 0 Å². The van der Waals surface area contributed by atoms with Crippen LogP contribution in [0.3, 0.4) is 0 Å². The Morgan fingerprint density at radius 1 is 1.21 bits per heavy atom. The van der Waals surface area contributed by atoms with Gasteiger partial charge in [0, 0.05) is 0 Å². The molecule has 0 spiro atoms. The van der Waals surface area contributed by atoms with Crippen LogP contribution in [0.25, 0.3) is 0 Å². The Balaban J connectivity index is 2.54. The second-order valence-corrected chi connectivity index (χ2v) is 4.07. The van der Waals surface area contributed by atoms with Crippen molar-refractivity contribution in [2.75, 3.05) is 0 Å². The Kier molecular flexibility index (Phi) is 3.81. The maximum atomic E-state index is 9.51. The number of hydrogen-bond donors (Lipinski definition) is 2. The fourth-order valence-corrected chi connectivity index (χ4v) is 1.48. The number of phenolic OH excluding ortho intramolecular Hbond substituents is 2. The summed E-state index contributed by atoms with van der Waals surface area (Å²) < 4.78 is 0. The van der Waals surface area contributed by atoms with Gasteiger partial charge in [-0.2, -0.15) is 0 Å². The first kappa shape index (κ1) is 10.9. The molecule has 1 aromatic rings. The van der Waals surface area contributed by atoms with E-state index in [4.69, 9.17) is 0 Å². The lowest BCUT2D eigenvalue weighted by Crippen LogP contribution is -1.91. The summed E-state index contributed by atoms with van der Waals surface area (Å²) in [5, 5.41) is 18.8. The van der Waals surface area contributed by atoms with Crippen LogP contribution in [0.15, 0.2) is 18.2 Å². The third-order valence-corrected chi connectivity index (χ3v) is 2.33. The van der Waals surface area contributed by atoms with Crippen LogP contribution in [0.5, 0.6) is 11.5 Å². The molecule has 2 nitrogen and oxygen atoms in total. The number of phenols is 2. The maximum Gasteiger partial charge on any atom is 0.160 e. The van der Waals surface area contributed by atoms with Crippen molar-refractivity contribution in [3.05, 3.63) is 23.8 Å². The minimum atomic E-state index is -0.0213. The number of rotatable bonds is 4. The number of para-hydroxylation sites is 1. The molecule has 0 radical (unpaired) electrons. The highest BCUT2D eigenvalue weighted by Crippen LogP contribution is 2.29. The number of benzene rings is 1. The molecule has 2 N–H and O–H groups in total. The lowest BCUT2D eigenvalue weighted by atomic mass is 10.0. The largest absolute Gasteiger partial charge is 0.504 e. The monoisotopic (exact) mass is 194 g/mol. The van der Waals surface area contributed by atoms with Gasteiger partial charge < -0.3 is 10.2 Å². The van der Waals surface area contributed by atoms with Gasteiger partial charge >= 0.3 is 0 Å². The summed E-state index contributed by atoms with van der Waals surface area (Å²) in [6, 6.07) is 5.12. The van der Waals surface area contributed by atoms with Crippen molar-refractivity contribution < 1.29 is 10.2 Å². The Bertz CT molecular complexity index is 292. The quantitative estimate of drug-likeness (QED) is 0.723. The Morgan fingerprint density at radius 2 is 1.93 bits per heavy atom. The highest BCUT2D eigenvalue weighted by Gasteiger charge is 2.05. The van der Waals surface area contributed by atoms with Gasteiger partial charge in [-0.3, -0.25) is 0 Å². The summed E-state index contributed by atoms with van der Waals surface area (Å²) in [7, 11) is 0. The molecular weight excluding hydrogens is 176 g/mol. The molecule has 0 aliphatic heterocycles. The average molecular weight is 194 g/mol. The minimum absolute atomic E-state index is 0.0213. The van der Waals surface area contributed by atoms with E-state index < -0.39 is 0 Å². The molecule has 0 fully saturated rings. The van der Waals surface area contributed by atoms with Crippen molar-refractivity contribution in [2.24, 2.45) is 5.92 Å². The summed E-state index contributed by atoms with van der Waals surface area (Å²) >= 11 is 0. The van der Waals surface area contributed by atoms with E-state index in [2.05, 4.69) is 13.8 Å². The van der Waals surface area contributed by atoms with Crippen LogP contribution in [0.1, 0.15) is 32.3 Å². The van der Waals surface area contributed by atoms with Gasteiger partial charge in [0.15, 0.2) is 11.5 Å². The molecule has 0 unspecified atom stereocenters. The van der Waals surface area contributed by atoms with Crippen molar-refractivity contribution in [1.82, 2.24) is 0 Å². The first-order valence-electron chi connectivity index (χ1n) is 5.11. The Hall–Kier alpha value is -1.18. The molecule has 1 aromatic carbocycles. The molecule has 0 aliphatic rings. The summed E-state index contributed by atoms with van der Waals surface area (Å²) in [6.07, 6.45) is 3.03. The van der Waals surface area contributed by atoms with E-state index in [0.29, 0.717) is 5.92 Å².